The molecule has 0 bridgehead atoms. The molecule has 7 nitrogen and oxygen atoms in total. The van der Waals surface area contributed by atoms with E-state index < -0.39 is 0 Å². The minimum absolute atomic E-state index is 0.112. The summed E-state index contributed by atoms with van der Waals surface area (Å²) in [6, 6.07) is 0. The zero-order valence-electron chi connectivity index (χ0n) is 12.2. The van der Waals surface area contributed by atoms with E-state index in [4.69, 9.17) is 10.5 Å². The lowest BCUT2D eigenvalue weighted by molar-refractivity contribution is -0.119. The second-order valence-corrected chi connectivity index (χ2v) is 5.39. The molecule has 0 radical (unpaired) electrons. The fraction of sp³-hybridized carbons (Fsp3) is 0.692. The Kier molecular flexibility index (Phi) is 5.11. The van der Waals surface area contributed by atoms with Gasteiger partial charge in [-0.05, 0) is 7.05 Å². The highest BCUT2D eigenvalue weighted by Gasteiger charge is 2.22. The molecule has 1 unspecified atom stereocenters. The van der Waals surface area contributed by atoms with E-state index in [0.29, 0.717) is 13.2 Å². The van der Waals surface area contributed by atoms with Crippen molar-refractivity contribution in [3.63, 3.8) is 0 Å². The van der Waals surface area contributed by atoms with Crippen molar-refractivity contribution in [3.8, 4) is 0 Å². The summed E-state index contributed by atoms with van der Waals surface area (Å²) in [5, 5.41) is 0. The van der Waals surface area contributed by atoms with Crippen LogP contribution in [0.3, 0.4) is 0 Å². The lowest BCUT2D eigenvalue weighted by Crippen LogP contribution is -2.47. The molecular weight excluding hydrogens is 258 g/mol. The molecule has 1 aromatic rings. The van der Waals surface area contributed by atoms with Crippen molar-refractivity contribution in [2.75, 3.05) is 39.8 Å². The normalized spacial score (nSPS) is 20.4. The summed E-state index contributed by atoms with van der Waals surface area (Å²) >= 11 is 0. The van der Waals surface area contributed by atoms with Gasteiger partial charge < -0.3 is 15.0 Å². The van der Waals surface area contributed by atoms with Crippen LogP contribution in [0.25, 0.3) is 0 Å². The van der Waals surface area contributed by atoms with Crippen molar-refractivity contribution < 1.29 is 9.53 Å². The standard InChI is InChI=1S/C13H23N5O2/c1-16(9-13(14)19)7-12-8-18(3-4-20-12)6-11-5-15-10-17(11)2/h5,10,12H,3-4,6-9H2,1-2H3,(H2,14,19). The molecule has 2 heterocycles. The number of nitrogens with two attached hydrogens (primary N) is 1. The topological polar surface area (TPSA) is 76.6 Å². The number of amides is 1. The molecule has 1 amide bonds. The zero-order chi connectivity index (χ0) is 14.5. The molecule has 1 saturated heterocycles. The predicted octanol–water partition coefficient (Wildman–Crippen LogP) is -0.962. The number of hydrogen-bond acceptors (Lipinski definition) is 5. The van der Waals surface area contributed by atoms with Gasteiger partial charge >= 0.3 is 0 Å². The van der Waals surface area contributed by atoms with Gasteiger partial charge in [-0.3, -0.25) is 14.6 Å². The average Bonchev–Trinajstić information content (AvgIpc) is 2.74. The van der Waals surface area contributed by atoms with E-state index in [1.807, 2.05) is 36.1 Å². The zero-order valence-corrected chi connectivity index (χ0v) is 12.2. The molecule has 1 fully saturated rings. The highest BCUT2D eigenvalue weighted by molar-refractivity contribution is 5.75. The lowest BCUT2D eigenvalue weighted by atomic mass is 10.2. The third-order valence-corrected chi connectivity index (χ3v) is 3.47. The Hall–Kier alpha value is -1.44. The van der Waals surface area contributed by atoms with Crippen LogP contribution in [0.2, 0.25) is 0 Å². The van der Waals surface area contributed by atoms with Crippen molar-refractivity contribution in [1.82, 2.24) is 19.4 Å². The molecule has 112 valence electrons. The first kappa shape index (κ1) is 15.0. The first-order valence-electron chi connectivity index (χ1n) is 6.80. The van der Waals surface area contributed by atoms with Gasteiger partial charge in [0.15, 0.2) is 0 Å². The number of hydrogen-bond donors (Lipinski definition) is 1. The van der Waals surface area contributed by atoms with E-state index in [9.17, 15) is 4.79 Å². The fourth-order valence-electron chi connectivity index (χ4n) is 2.48. The quantitative estimate of drug-likeness (QED) is 0.726. The van der Waals surface area contributed by atoms with E-state index in [-0.39, 0.29) is 18.6 Å². The van der Waals surface area contributed by atoms with Crippen LogP contribution < -0.4 is 5.73 Å². The molecule has 7 heteroatoms. The molecular formula is C13H23N5O2. The summed E-state index contributed by atoms with van der Waals surface area (Å²) in [7, 11) is 3.88. The van der Waals surface area contributed by atoms with Crippen LogP contribution in [-0.4, -0.2) is 71.2 Å². The molecule has 2 N–H and O–H groups in total. The van der Waals surface area contributed by atoms with Gasteiger partial charge in [-0.1, -0.05) is 0 Å². The molecule has 1 atom stereocenters. The molecule has 1 aromatic heterocycles. The third kappa shape index (κ3) is 4.29. The summed E-state index contributed by atoms with van der Waals surface area (Å²) in [4.78, 5) is 19.3. The molecule has 20 heavy (non-hydrogen) atoms. The molecule has 0 saturated carbocycles. The number of imidazole rings is 1. The number of carbonyl (C=O) groups excluding carboxylic acids is 1. The van der Waals surface area contributed by atoms with Crippen molar-refractivity contribution >= 4 is 5.91 Å². The number of carbonyl (C=O) groups is 1. The van der Waals surface area contributed by atoms with Crippen LogP contribution >= 0.6 is 0 Å². The Bertz CT molecular complexity index is 448. The Balaban J connectivity index is 1.82. The fourth-order valence-corrected chi connectivity index (χ4v) is 2.48. The maximum Gasteiger partial charge on any atom is 0.231 e. The third-order valence-electron chi connectivity index (χ3n) is 3.47. The Labute approximate surface area is 119 Å². The first-order valence-corrected chi connectivity index (χ1v) is 6.80. The Morgan fingerprint density at radius 1 is 1.65 bits per heavy atom. The molecule has 0 aliphatic carbocycles. The molecule has 0 aromatic carbocycles. The molecule has 0 spiro atoms. The van der Waals surface area contributed by atoms with Crippen LogP contribution in [-0.2, 0) is 23.1 Å². The van der Waals surface area contributed by atoms with Gasteiger partial charge in [-0.15, -0.1) is 0 Å². The molecule has 1 aliphatic heterocycles. The van der Waals surface area contributed by atoms with Gasteiger partial charge in [0.25, 0.3) is 0 Å². The van der Waals surface area contributed by atoms with Crippen LogP contribution in [0.1, 0.15) is 5.69 Å². The SMILES string of the molecule is CN(CC(N)=O)CC1CN(Cc2cncn2C)CCO1. The second kappa shape index (κ2) is 6.83. The van der Waals surface area contributed by atoms with Gasteiger partial charge in [0.05, 0.1) is 31.3 Å². The number of aryl methyl sites for hydroxylation is 1. The number of morpholine rings is 1. The van der Waals surface area contributed by atoms with E-state index in [2.05, 4.69) is 9.88 Å². The smallest absolute Gasteiger partial charge is 0.231 e. The lowest BCUT2D eigenvalue weighted by Gasteiger charge is -2.34. The Morgan fingerprint density at radius 2 is 2.45 bits per heavy atom. The number of rotatable bonds is 6. The van der Waals surface area contributed by atoms with Gasteiger partial charge in [0, 0.05) is 39.4 Å². The van der Waals surface area contributed by atoms with Crippen molar-refractivity contribution in [2.24, 2.45) is 12.8 Å². The largest absolute Gasteiger partial charge is 0.374 e. The summed E-state index contributed by atoms with van der Waals surface area (Å²) in [5.41, 5.74) is 6.38. The predicted molar refractivity (Wildman–Crippen MR) is 74.9 cm³/mol. The van der Waals surface area contributed by atoms with Crippen LogP contribution in [0, 0.1) is 0 Å². The van der Waals surface area contributed by atoms with Crippen LogP contribution in [0.5, 0.6) is 0 Å². The Morgan fingerprint density at radius 3 is 3.10 bits per heavy atom. The maximum atomic E-state index is 10.9. The van der Waals surface area contributed by atoms with E-state index in [1.165, 1.54) is 5.69 Å². The number of ether oxygens (including phenoxy) is 1. The summed E-state index contributed by atoms with van der Waals surface area (Å²) in [5.74, 6) is -0.310. The summed E-state index contributed by atoms with van der Waals surface area (Å²) in [6.45, 7) is 4.34. The number of nitrogens with zero attached hydrogens (tertiary/aromatic N) is 4. The van der Waals surface area contributed by atoms with Gasteiger partial charge in [-0.25, -0.2) is 4.98 Å². The highest BCUT2D eigenvalue weighted by Crippen LogP contribution is 2.10. The van der Waals surface area contributed by atoms with E-state index in [1.54, 1.807) is 0 Å². The second-order valence-electron chi connectivity index (χ2n) is 5.39. The monoisotopic (exact) mass is 281 g/mol. The molecule has 1 aliphatic rings. The van der Waals surface area contributed by atoms with Crippen molar-refractivity contribution in [2.45, 2.75) is 12.6 Å². The van der Waals surface area contributed by atoms with Crippen molar-refractivity contribution in [3.05, 3.63) is 18.2 Å². The van der Waals surface area contributed by atoms with Gasteiger partial charge in [0.2, 0.25) is 5.91 Å². The van der Waals surface area contributed by atoms with Gasteiger partial charge in [0.1, 0.15) is 0 Å². The minimum Gasteiger partial charge on any atom is -0.374 e. The average molecular weight is 281 g/mol. The minimum atomic E-state index is -0.310. The summed E-state index contributed by atoms with van der Waals surface area (Å²) < 4.78 is 7.78. The molecule has 2 rings (SSSR count). The van der Waals surface area contributed by atoms with Crippen LogP contribution in [0.4, 0.5) is 0 Å². The highest BCUT2D eigenvalue weighted by atomic mass is 16.5. The maximum absolute atomic E-state index is 10.9. The van der Waals surface area contributed by atoms with E-state index >= 15 is 0 Å². The van der Waals surface area contributed by atoms with Gasteiger partial charge in [-0.2, -0.15) is 0 Å². The van der Waals surface area contributed by atoms with Crippen molar-refractivity contribution in [1.29, 1.82) is 0 Å². The van der Waals surface area contributed by atoms with E-state index in [0.717, 1.165) is 19.6 Å². The summed E-state index contributed by atoms with van der Waals surface area (Å²) in [6.07, 6.45) is 3.82. The number of aromatic nitrogens is 2. The van der Waals surface area contributed by atoms with Crippen LogP contribution in [0.15, 0.2) is 12.5 Å². The first-order chi connectivity index (χ1) is 9.54. The number of likely N-dealkylation sites (N-methyl/N-ethyl adjacent to an activating group) is 1. The number of primary amides is 1.